The van der Waals surface area contributed by atoms with Crippen LogP contribution in [0.5, 0.6) is 5.75 Å². The minimum Gasteiger partial charge on any atom is -0.494 e. The van der Waals surface area contributed by atoms with Gasteiger partial charge < -0.3 is 14.3 Å². The maximum Gasteiger partial charge on any atom is 0.427 e. The second kappa shape index (κ2) is 7.42. The lowest BCUT2D eigenvalue weighted by molar-refractivity contribution is -0.286. The second-order valence-corrected chi connectivity index (χ2v) is 12.4. The first kappa shape index (κ1) is 23.4. The second-order valence-electron chi connectivity index (χ2n) is 8.01. The number of hydrogen-bond donors (Lipinski definition) is 1. The minimum atomic E-state index is -5.22. The van der Waals surface area contributed by atoms with E-state index in [0.717, 1.165) is 13.8 Å². The molecule has 1 N–H and O–H groups in total. The summed E-state index contributed by atoms with van der Waals surface area (Å²) in [6.45, 7) is 8.06. The Bertz CT molecular complexity index is 698. The normalized spacial score (nSPS) is 16.6. The van der Waals surface area contributed by atoms with E-state index in [1.165, 1.54) is 51.9 Å². The molecule has 0 amide bonds. The number of methoxy groups -OCH3 is 1. The van der Waals surface area contributed by atoms with Crippen LogP contribution in [0.2, 0.25) is 19.6 Å². The third kappa shape index (κ3) is 4.13. The summed E-state index contributed by atoms with van der Waals surface area (Å²) >= 11 is 0. The van der Waals surface area contributed by atoms with Gasteiger partial charge in [0.1, 0.15) is 0 Å². The average Bonchev–Trinajstić information content (AvgIpc) is 2.49. The zero-order chi connectivity index (χ0) is 21.4. The number of aliphatic carboxylic acids is 1. The zero-order valence-corrected chi connectivity index (χ0v) is 17.5. The Labute approximate surface area is 157 Å². The zero-order valence-electron chi connectivity index (χ0n) is 16.5. The van der Waals surface area contributed by atoms with Gasteiger partial charge in [0.15, 0.2) is 19.9 Å². The van der Waals surface area contributed by atoms with Gasteiger partial charge in [0.2, 0.25) is 0 Å². The molecule has 0 radical (unpaired) electrons. The van der Waals surface area contributed by atoms with Gasteiger partial charge in [0.25, 0.3) is 5.60 Å². The SMILES string of the molecule is COc1cccc(C(C)C(C)(C)C(O[Si](C)(C)C)(C(=O)O)C(F)(F)F)c1F. The summed E-state index contributed by atoms with van der Waals surface area (Å²) in [5.41, 5.74) is -5.61. The molecule has 0 saturated heterocycles. The van der Waals surface area contributed by atoms with Crippen LogP contribution in [-0.2, 0) is 9.22 Å². The van der Waals surface area contributed by atoms with Crippen molar-refractivity contribution in [2.24, 2.45) is 5.41 Å². The fraction of sp³-hybridized carbons (Fsp3) is 0.611. The van der Waals surface area contributed by atoms with E-state index < -0.39 is 43.2 Å². The average molecular weight is 410 g/mol. The van der Waals surface area contributed by atoms with Gasteiger partial charge in [-0.1, -0.05) is 32.9 Å². The number of alkyl halides is 3. The molecule has 0 saturated carbocycles. The summed E-state index contributed by atoms with van der Waals surface area (Å²) in [4.78, 5) is 12.0. The Hall–Kier alpha value is -1.61. The van der Waals surface area contributed by atoms with Gasteiger partial charge in [0, 0.05) is 5.41 Å². The summed E-state index contributed by atoms with van der Waals surface area (Å²) < 4.78 is 67.4. The lowest BCUT2D eigenvalue weighted by atomic mass is 9.64. The topological polar surface area (TPSA) is 55.8 Å². The summed E-state index contributed by atoms with van der Waals surface area (Å²) in [6.07, 6.45) is -5.22. The van der Waals surface area contributed by atoms with Gasteiger partial charge in [0.05, 0.1) is 7.11 Å². The van der Waals surface area contributed by atoms with Crippen LogP contribution < -0.4 is 4.74 Å². The summed E-state index contributed by atoms with van der Waals surface area (Å²) in [7, 11) is -1.73. The number of carbonyl (C=O) groups is 1. The molecule has 154 valence electrons. The number of carboxylic acid groups (broad SMARTS) is 1. The smallest absolute Gasteiger partial charge is 0.427 e. The molecule has 4 nitrogen and oxygen atoms in total. The molecule has 0 aliphatic heterocycles. The van der Waals surface area contributed by atoms with Crippen molar-refractivity contribution in [3.8, 4) is 5.75 Å². The van der Waals surface area contributed by atoms with E-state index in [2.05, 4.69) is 0 Å². The summed E-state index contributed by atoms with van der Waals surface area (Å²) in [5, 5.41) is 9.68. The molecule has 9 heteroatoms. The van der Waals surface area contributed by atoms with Gasteiger partial charge in [-0.3, -0.25) is 0 Å². The van der Waals surface area contributed by atoms with Crippen molar-refractivity contribution in [3.63, 3.8) is 0 Å². The number of ether oxygens (including phenoxy) is 1. The first-order chi connectivity index (χ1) is 12.0. The highest BCUT2D eigenvalue weighted by atomic mass is 28.4. The third-order valence-corrected chi connectivity index (χ3v) is 5.75. The first-order valence-corrected chi connectivity index (χ1v) is 11.8. The van der Waals surface area contributed by atoms with Crippen LogP contribution in [0.4, 0.5) is 17.6 Å². The molecule has 0 fully saturated rings. The summed E-state index contributed by atoms with van der Waals surface area (Å²) in [6, 6.07) is 4.10. The molecule has 0 aliphatic rings. The molecular weight excluding hydrogens is 384 g/mol. The molecular formula is C18H26F4O4Si. The van der Waals surface area contributed by atoms with Gasteiger partial charge in [-0.2, -0.15) is 13.2 Å². The molecule has 1 rings (SSSR count). The van der Waals surface area contributed by atoms with Crippen LogP contribution in [0.3, 0.4) is 0 Å². The lowest BCUT2D eigenvalue weighted by Gasteiger charge is -2.49. The Balaban J connectivity index is 3.72. The first-order valence-electron chi connectivity index (χ1n) is 8.35. The van der Waals surface area contributed by atoms with Crippen molar-refractivity contribution < 1.29 is 36.6 Å². The lowest BCUT2D eigenvalue weighted by Crippen LogP contribution is -2.67. The fourth-order valence-electron chi connectivity index (χ4n) is 3.17. The van der Waals surface area contributed by atoms with Gasteiger partial charge in [-0.25, -0.2) is 9.18 Å². The van der Waals surface area contributed by atoms with E-state index in [1.807, 2.05) is 0 Å². The molecule has 1 aromatic carbocycles. The van der Waals surface area contributed by atoms with Gasteiger partial charge in [-0.05, 0) is 37.2 Å². The highest BCUT2D eigenvalue weighted by Crippen LogP contribution is 2.55. The molecule has 27 heavy (non-hydrogen) atoms. The van der Waals surface area contributed by atoms with Crippen LogP contribution in [0.15, 0.2) is 18.2 Å². The van der Waals surface area contributed by atoms with Crippen molar-refractivity contribution in [3.05, 3.63) is 29.6 Å². The standard InChI is InChI=1S/C18H26F4O4Si/c1-11(12-9-8-10-13(25-4)14(12)19)16(2,3)17(15(23)24,18(20,21)22)26-27(5,6)7/h8-11H,1-7H3,(H,23,24). The monoisotopic (exact) mass is 410 g/mol. The Morgan fingerprint density at radius 2 is 1.70 bits per heavy atom. The van der Waals surface area contributed by atoms with E-state index in [-0.39, 0.29) is 11.3 Å². The fourth-order valence-corrected chi connectivity index (χ4v) is 4.55. The Kier molecular flexibility index (Phi) is 6.44. The molecule has 0 bridgehead atoms. The molecule has 2 atom stereocenters. The number of carboxylic acids is 1. The highest BCUT2D eigenvalue weighted by Gasteiger charge is 2.72. The predicted octanol–water partition coefficient (Wildman–Crippen LogP) is 5.20. The number of rotatable bonds is 7. The maximum absolute atomic E-state index is 14.7. The van der Waals surface area contributed by atoms with Crippen molar-refractivity contribution in [1.82, 2.24) is 0 Å². The van der Waals surface area contributed by atoms with E-state index in [1.54, 1.807) is 0 Å². The molecule has 0 heterocycles. The quantitative estimate of drug-likeness (QED) is 0.496. The molecule has 0 aliphatic carbocycles. The van der Waals surface area contributed by atoms with Crippen molar-refractivity contribution in [2.45, 2.75) is 58.1 Å². The van der Waals surface area contributed by atoms with Crippen LogP contribution in [-0.4, -0.2) is 38.3 Å². The molecule has 0 spiro atoms. The van der Waals surface area contributed by atoms with Crippen LogP contribution in [0.1, 0.15) is 32.3 Å². The predicted molar refractivity (Wildman–Crippen MR) is 96.0 cm³/mol. The molecule has 2 unspecified atom stereocenters. The van der Waals surface area contributed by atoms with Crippen LogP contribution in [0.25, 0.3) is 0 Å². The maximum atomic E-state index is 14.7. The van der Waals surface area contributed by atoms with Crippen LogP contribution in [0, 0.1) is 11.2 Å². The van der Waals surface area contributed by atoms with E-state index in [9.17, 15) is 27.5 Å². The Morgan fingerprint density at radius 3 is 2.07 bits per heavy atom. The van der Waals surface area contributed by atoms with Gasteiger partial charge in [-0.15, -0.1) is 0 Å². The number of hydrogen-bond acceptors (Lipinski definition) is 3. The largest absolute Gasteiger partial charge is 0.494 e. The molecule has 1 aromatic rings. The highest BCUT2D eigenvalue weighted by molar-refractivity contribution is 6.70. The van der Waals surface area contributed by atoms with Crippen molar-refractivity contribution in [2.75, 3.05) is 7.11 Å². The minimum absolute atomic E-state index is 0.0756. The summed E-state index contributed by atoms with van der Waals surface area (Å²) in [5.74, 6) is -4.25. The van der Waals surface area contributed by atoms with E-state index in [0.29, 0.717) is 0 Å². The Morgan fingerprint density at radius 1 is 1.19 bits per heavy atom. The van der Waals surface area contributed by atoms with Crippen molar-refractivity contribution in [1.29, 1.82) is 0 Å². The van der Waals surface area contributed by atoms with Crippen molar-refractivity contribution >= 4 is 14.3 Å². The molecule has 0 aromatic heterocycles. The number of benzene rings is 1. The van der Waals surface area contributed by atoms with E-state index >= 15 is 0 Å². The number of halogens is 4. The van der Waals surface area contributed by atoms with Crippen LogP contribution >= 0.6 is 0 Å². The third-order valence-electron chi connectivity index (χ3n) is 4.83. The van der Waals surface area contributed by atoms with Gasteiger partial charge >= 0.3 is 12.1 Å². The van der Waals surface area contributed by atoms with E-state index in [4.69, 9.17) is 9.16 Å².